The summed E-state index contributed by atoms with van der Waals surface area (Å²) >= 11 is 0. The molecule has 0 spiro atoms. The maximum absolute atomic E-state index is 11.7. The molecule has 160 valence electrons. The first-order chi connectivity index (χ1) is 15.2. The Balaban J connectivity index is 1.33. The molecule has 2 aromatic rings. The second-order valence-electron chi connectivity index (χ2n) is 8.36. The van der Waals surface area contributed by atoms with E-state index in [9.17, 15) is 4.79 Å². The zero-order valence-corrected chi connectivity index (χ0v) is 17.8. The third-order valence-electron chi connectivity index (χ3n) is 6.32. The van der Waals surface area contributed by atoms with Crippen molar-refractivity contribution in [3.63, 3.8) is 0 Å². The number of rotatable bonds is 2. The molecular weight excluding hydrogens is 390 g/mol. The van der Waals surface area contributed by atoms with Gasteiger partial charge in [-0.25, -0.2) is 4.98 Å². The van der Waals surface area contributed by atoms with Crippen molar-refractivity contribution >= 4 is 17.4 Å². The molecule has 0 aliphatic carbocycles. The van der Waals surface area contributed by atoms with Crippen LogP contribution in [0.2, 0.25) is 0 Å². The maximum Gasteiger partial charge on any atom is 0.222 e. The summed E-state index contributed by atoms with van der Waals surface area (Å²) in [5.41, 5.74) is 4.26. The number of fused-ring (bicyclic) bond motifs is 2. The van der Waals surface area contributed by atoms with Gasteiger partial charge in [-0.2, -0.15) is 0 Å². The van der Waals surface area contributed by atoms with E-state index < -0.39 is 0 Å². The molecular formula is C25H27N3O3. The van der Waals surface area contributed by atoms with Gasteiger partial charge in [0.15, 0.2) is 0 Å². The minimum atomic E-state index is 0.204. The van der Waals surface area contributed by atoms with Crippen LogP contribution >= 0.6 is 0 Å². The summed E-state index contributed by atoms with van der Waals surface area (Å²) in [5.74, 6) is 9.18. The van der Waals surface area contributed by atoms with Gasteiger partial charge >= 0.3 is 0 Å². The molecule has 1 aromatic carbocycles. The molecule has 3 aliphatic heterocycles. The fraction of sp³-hybridized carbons (Fsp3) is 0.440. The smallest absolute Gasteiger partial charge is 0.222 e. The van der Waals surface area contributed by atoms with Gasteiger partial charge in [0.25, 0.3) is 0 Å². The van der Waals surface area contributed by atoms with Crippen molar-refractivity contribution in [3.05, 3.63) is 47.2 Å². The van der Waals surface area contributed by atoms with E-state index in [2.05, 4.69) is 28.2 Å². The lowest BCUT2D eigenvalue weighted by Crippen LogP contribution is -2.49. The molecule has 4 heterocycles. The monoisotopic (exact) mass is 417 g/mol. The third-order valence-corrected chi connectivity index (χ3v) is 6.32. The Hall–Kier alpha value is -3.04. The molecule has 0 bridgehead atoms. The average molecular weight is 418 g/mol. The number of ether oxygens (including phenoxy) is 2. The summed E-state index contributed by atoms with van der Waals surface area (Å²) in [7, 11) is 0. The van der Waals surface area contributed by atoms with E-state index in [0.29, 0.717) is 18.9 Å². The van der Waals surface area contributed by atoms with E-state index in [1.807, 2.05) is 36.2 Å². The van der Waals surface area contributed by atoms with Gasteiger partial charge in [-0.3, -0.25) is 4.79 Å². The highest BCUT2D eigenvalue weighted by molar-refractivity contribution is 5.77. The molecule has 1 N–H and O–H groups in total. The fourth-order valence-corrected chi connectivity index (χ4v) is 4.45. The van der Waals surface area contributed by atoms with E-state index in [4.69, 9.17) is 9.47 Å². The van der Waals surface area contributed by atoms with Gasteiger partial charge < -0.3 is 19.7 Å². The van der Waals surface area contributed by atoms with Crippen LogP contribution in [0.5, 0.6) is 5.75 Å². The number of anilines is 2. The number of benzene rings is 1. The van der Waals surface area contributed by atoms with Gasteiger partial charge in [-0.05, 0) is 48.6 Å². The maximum atomic E-state index is 11.7. The topological polar surface area (TPSA) is 63.7 Å². The molecule has 1 amide bonds. The van der Waals surface area contributed by atoms with Crippen LogP contribution < -0.4 is 10.1 Å². The summed E-state index contributed by atoms with van der Waals surface area (Å²) < 4.78 is 11.7. The predicted molar refractivity (Wildman–Crippen MR) is 118 cm³/mol. The molecule has 0 atom stereocenters. The van der Waals surface area contributed by atoms with Gasteiger partial charge in [0.05, 0.1) is 11.6 Å². The first kappa shape index (κ1) is 19.9. The highest BCUT2D eigenvalue weighted by Crippen LogP contribution is 2.38. The van der Waals surface area contributed by atoms with E-state index in [1.165, 1.54) is 5.56 Å². The molecule has 2 saturated heterocycles. The van der Waals surface area contributed by atoms with Crippen molar-refractivity contribution in [1.29, 1.82) is 0 Å². The normalized spacial score (nSPS) is 18.3. The number of likely N-dealkylation sites (tertiary alicyclic amines) is 1. The molecule has 3 aliphatic rings. The summed E-state index contributed by atoms with van der Waals surface area (Å²) in [4.78, 5) is 18.1. The molecule has 0 radical (unpaired) electrons. The van der Waals surface area contributed by atoms with Crippen LogP contribution in [0, 0.1) is 17.8 Å². The molecule has 6 nitrogen and oxygen atoms in total. The number of amides is 1. The molecule has 6 heteroatoms. The van der Waals surface area contributed by atoms with E-state index in [1.54, 1.807) is 0 Å². The molecule has 2 fully saturated rings. The Bertz CT molecular complexity index is 1040. The van der Waals surface area contributed by atoms with Gasteiger partial charge in [0.2, 0.25) is 5.91 Å². The lowest BCUT2D eigenvalue weighted by Gasteiger charge is -2.36. The van der Waals surface area contributed by atoms with Crippen molar-refractivity contribution < 1.29 is 14.3 Å². The summed E-state index contributed by atoms with van der Waals surface area (Å²) in [5, 5.41) is 3.48. The van der Waals surface area contributed by atoms with Gasteiger partial charge in [-0.1, -0.05) is 18.8 Å². The zero-order valence-electron chi connectivity index (χ0n) is 17.8. The predicted octanol–water partition coefficient (Wildman–Crippen LogP) is 3.83. The average Bonchev–Trinajstić information content (AvgIpc) is 2.97. The minimum Gasteiger partial charge on any atom is -0.487 e. The number of hydrogen-bond acceptors (Lipinski definition) is 5. The van der Waals surface area contributed by atoms with Crippen molar-refractivity contribution in [2.45, 2.75) is 38.7 Å². The Morgan fingerprint density at radius 2 is 2.10 bits per heavy atom. The van der Waals surface area contributed by atoms with Crippen LogP contribution in [0.15, 0.2) is 30.5 Å². The quantitative estimate of drug-likeness (QED) is 0.753. The van der Waals surface area contributed by atoms with Crippen molar-refractivity contribution in [2.75, 3.05) is 31.6 Å². The largest absolute Gasteiger partial charge is 0.487 e. The molecule has 0 unspecified atom stereocenters. The van der Waals surface area contributed by atoms with Crippen LogP contribution in [-0.2, 0) is 16.1 Å². The second kappa shape index (κ2) is 8.60. The van der Waals surface area contributed by atoms with E-state index in [-0.39, 0.29) is 11.8 Å². The summed E-state index contributed by atoms with van der Waals surface area (Å²) in [6.45, 7) is 5.49. The molecule has 1 aromatic heterocycles. The fourth-order valence-electron chi connectivity index (χ4n) is 4.45. The lowest BCUT2D eigenvalue weighted by atomic mass is 9.89. The van der Waals surface area contributed by atoms with Crippen molar-refractivity contribution in [3.8, 4) is 17.6 Å². The van der Waals surface area contributed by atoms with E-state index >= 15 is 0 Å². The van der Waals surface area contributed by atoms with Gasteiger partial charge in [0, 0.05) is 50.0 Å². The third kappa shape index (κ3) is 4.11. The van der Waals surface area contributed by atoms with Crippen molar-refractivity contribution in [2.24, 2.45) is 5.92 Å². The van der Waals surface area contributed by atoms with Gasteiger partial charge in [-0.15, -0.1) is 0 Å². The number of hydrogen-bond donors (Lipinski definition) is 1. The molecule has 0 saturated carbocycles. The highest BCUT2D eigenvalue weighted by Gasteiger charge is 2.28. The van der Waals surface area contributed by atoms with Crippen LogP contribution in [0.3, 0.4) is 0 Å². The first-order valence-corrected chi connectivity index (χ1v) is 11.1. The SMILES string of the molecule is CCC(=O)N1CC(C#Cc2ccc3c(c2)Nc2nccc(C4CCOCC4)c2CO3)C1. The molecule has 31 heavy (non-hydrogen) atoms. The zero-order chi connectivity index (χ0) is 21.2. The molecule has 5 rings (SSSR count). The minimum absolute atomic E-state index is 0.204. The van der Waals surface area contributed by atoms with Crippen LogP contribution in [0.1, 0.15) is 48.8 Å². The second-order valence-corrected chi connectivity index (χ2v) is 8.36. The number of carbonyl (C=O) groups is 1. The number of aromatic nitrogens is 1. The Morgan fingerprint density at radius 3 is 2.90 bits per heavy atom. The highest BCUT2D eigenvalue weighted by atomic mass is 16.5. The lowest BCUT2D eigenvalue weighted by molar-refractivity contribution is -0.135. The van der Waals surface area contributed by atoms with Gasteiger partial charge in [0.1, 0.15) is 18.2 Å². The Labute approximate surface area is 182 Å². The van der Waals surface area contributed by atoms with Crippen LogP contribution in [-0.4, -0.2) is 42.1 Å². The number of carbonyl (C=O) groups excluding carboxylic acids is 1. The van der Waals surface area contributed by atoms with Crippen LogP contribution in [0.4, 0.5) is 11.5 Å². The Kier molecular flexibility index (Phi) is 5.52. The number of nitrogens with zero attached hydrogens (tertiary/aromatic N) is 2. The van der Waals surface area contributed by atoms with Crippen LogP contribution in [0.25, 0.3) is 0 Å². The van der Waals surface area contributed by atoms with E-state index in [0.717, 1.165) is 67.5 Å². The standard InChI is InChI=1S/C25H27N3O3/c1-2-24(29)28-14-18(15-28)4-3-17-5-6-23-22(13-17)27-25-21(16-31-23)20(7-10-26-25)19-8-11-30-12-9-19/h5-7,10,13,18-19H,2,8-9,11-12,14-16H2,1H3,(H,26,27). The van der Waals surface area contributed by atoms with Crippen molar-refractivity contribution in [1.82, 2.24) is 9.88 Å². The summed E-state index contributed by atoms with van der Waals surface area (Å²) in [6, 6.07) is 8.11. The first-order valence-electron chi connectivity index (χ1n) is 11.1. The Morgan fingerprint density at radius 1 is 1.26 bits per heavy atom. The summed E-state index contributed by atoms with van der Waals surface area (Å²) in [6.07, 6.45) is 4.50. The number of pyridine rings is 1. The number of nitrogens with one attached hydrogen (secondary N) is 1.